The molecule has 0 bridgehead atoms. The number of amides is 2. The van der Waals surface area contributed by atoms with Gasteiger partial charge in [-0.1, -0.05) is 30.3 Å². The summed E-state index contributed by atoms with van der Waals surface area (Å²) in [7, 11) is 1.29. The highest BCUT2D eigenvalue weighted by atomic mass is 19.3. The van der Waals surface area contributed by atoms with Gasteiger partial charge in [0.05, 0.1) is 6.61 Å². The molecule has 1 saturated carbocycles. The summed E-state index contributed by atoms with van der Waals surface area (Å²) in [5.41, 5.74) is -0.990. The van der Waals surface area contributed by atoms with Crippen molar-refractivity contribution in [1.82, 2.24) is 10.2 Å². The van der Waals surface area contributed by atoms with Crippen molar-refractivity contribution in [3.63, 3.8) is 0 Å². The number of nitrogens with one attached hydrogen (secondary N) is 1. The van der Waals surface area contributed by atoms with Crippen molar-refractivity contribution >= 4 is 11.8 Å². The molecule has 2 unspecified atom stereocenters. The summed E-state index contributed by atoms with van der Waals surface area (Å²) in [6.07, 6.45) is 1.57. The van der Waals surface area contributed by atoms with Crippen LogP contribution >= 0.6 is 0 Å². The van der Waals surface area contributed by atoms with E-state index in [1.165, 1.54) is 7.11 Å². The van der Waals surface area contributed by atoms with E-state index < -0.39 is 29.7 Å². The van der Waals surface area contributed by atoms with Gasteiger partial charge in [0.25, 0.3) is 5.92 Å². The van der Waals surface area contributed by atoms with Crippen LogP contribution in [-0.4, -0.2) is 55.5 Å². The second-order valence-corrected chi connectivity index (χ2v) is 7.14. The molecule has 2 amide bonds. The lowest BCUT2D eigenvalue weighted by molar-refractivity contribution is -0.140. The molecule has 3 rings (SSSR count). The molecule has 2 aliphatic rings. The molecule has 1 aliphatic carbocycles. The van der Waals surface area contributed by atoms with E-state index in [0.29, 0.717) is 13.1 Å². The first kappa shape index (κ1) is 18.8. The Balaban J connectivity index is 1.76. The molecule has 1 aromatic rings. The molecule has 5 nitrogen and oxygen atoms in total. The molecule has 0 radical (unpaired) electrons. The highest BCUT2D eigenvalue weighted by molar-refractivity contribution is 5.93. The Bertz CT molecular complexity index is 662. The second kappa shape index (κ2) is 7.31. The van der Waals surface area contributed by atoms with Crippen molar-refractivity contribution in [3.05, 3.63) is 35.9 Å². The first-order valence-corrected chi connectivity index (χ1v) is 8.90. The number of hydrogen-bond donors (Lipinski definition) is 1. The highest BCUT2D eigenvalue weighted by Gasteiger charge is 2.76. The van der Waals surface area contributed by atoms with E-state index in [9.17, 15) is 18.4 Å². The molecular formula is C19H24F2N2O3. The number of carbonyl (C=O) groups is 2. The molecule has 0 aromatic heterocycles. The number of alkyl halides is 2. The van der Waals surface area contributed by atoms with Gasteiger partial charge >= 0.3 is 0 Å². The highest BCUT2D eigenvalue weighted by Crippen LogP contribution is 2.60. The van der Waals surface area contributed by atoms with Gasteiger partial charge in [0.2, 0.25) is 11.8 Å². The van der Waals surface area contributed by atoms with Gasteiger partial charge in [-0.15, -0.1) is 0 Å². The molecule has 7 heteroatoms. The standard InChI is InChI=1S/C19H24F2N2O3/c1-26-13-18(12-19(18,20)21)17(25)22-15(11-14-7-3-2-4-8-14)16(24)23-9-5-6-10-23/h2-4,7-8,15H,5-6,9-13H2,1H3,(H,22,25). The van der Waals surface area contributed by atoms with Crippen LogP contribution in [-0.2, 0) is 20.7 Å². The van der Waals surface area contributed by atoms with Gasteiger partial charge in [-0.2, -0.15) is 0 Å². The molecule has 1 N–H and O–H groups in total. The van der Waals surface area contributed by atoms with Gasteiger partial charge in [-0.25, -0.2) is 8.78 Å². The van der Waals surface area contributed by atoms with Crippen molar-refractivity contribution in [2.75, 3.05) is 26.8 Å². The van der Waals surface area contributed by atoms with Crippen molar-refractivity contribution < 1.29 is 23.1 Å². The summed E-state index contributed by atoms with van der Waals surface area (Å²) >= 11 is 0. The average molecular weight is 366 g/mol. The second-order valence-electron chi connectivity index (χ2n) is 7.14. The maximum absolute atomic E-state index is 13.8. The van der Waals surface area contributed by atoms with Crippen LogP contribution in [0.3, 0.4) is 0 Å². The van der Waals surface area contributed by atoms with Gasteiger partial charge < -0.3 is 15.0 Å². The zero-order valence-electron chi connectivity index (χ0n) is 14.8. The summed E-state index contributed by atoms with van der Waals surface area (Å²) in [6, 6.07) is 8.40. The summed E-state index contributed by atoms with van der Waals surface area (Å²) in [4.78, 5) is 27.2. The minimum absolute atomic E-state index is 0.212. The van der Waals surface area contributed by atoms with Crippen LogP contribution in [0.15, 0.2) is 30.3 Å². The Hall–Kier alpha value is -2.02. The quantitative estimate of drug-likeness (QED) is 0.803. The molecule has 26 heavy (non-hydrogen) atoms. The zero-order valence-corrected chi connectivity index (χ0v) is 14.8. The number of nitrogens with zero attached hydrogens (tertiary/aromatic N) is 1. The van der Waals surface area contributed by atoms with Crippen LogP contribution in [0.25, 0.3) is 0 Å². The van der Waals surface area contributed by atoms with E-state index in [0.717, 1.165) is 18.4 Å². The van der Waals surface area contributed by atoms with Crippen molar-refractivity contribution in [2.24, 2.45) is 5.41 Å². The maximum Gasteiger partial charge on any atom is 0.266 e. The molecular weight excluding hydrogens is 342 g/mol. The normalized spacial score (nSPS) is 25.0. The van der Waals surface area contributed by atoms with E-state index in [2.05, 4.69) is 5.32 Å². The van der Waals surface area contributed by atoms with Crippen LogP contribution in [0.5, 0.6) is 0 Å². The fourth-order valence-electron chi connectivity index (χ4n) is 3.55. The number of rotatable bonds is 7. The maximum atomic E-state index is 13.8. The number of hydrogen-bond acceptors (Lipinski definition) is 3. The predicted molar refractivity (Wildman–Crippen MR) is 91.8 cm³/mol. The Morgan fingerprint density at radius 1 is 1.23 bits per heavy atom. The first-order chi connectivity index (χ1) is 12.4. The number of carbonyl (C=O) groups excluding carboxylic acids is 2. The van der Waals surface area contributed by atoms with Crippen molar-refractivity contribution in [1.29, 1.82) is 0 Å². The number of methoxy groups -OCH3 is 1. The molecule has 142 valence electrons. The molecule has 1 saturated heterocycles. The predicted octanol–water partition coefficient (Wildman–Crippen LogP) is 2.01. The Morgan fingerprint density at radius 2 is 1.85 bits per heavy atom. The largest absolute Gasteiger partial charge is 0.383 e. The Morgan fingerprint density at radius 3 is 2.38 bits per heavy atom. The van der Waals surface area contributed by atoms with Crippen LogP contribution in [0.2, 0.25) is 0 Å². The summed E-state index contributed by atoms with van der Waals surface area (Å²) in [6.45, 7) is 0.917. The van der Waals surface area contributed by atoms with Crippen molar-refractivity contribution in [2.45, 2.75) is 37.6 Å². The Labute approximate surface area is 151 Å². The lowest BCUT2D eigenvalue weighted by Gasteiger charge is -2.26. The van der Waals surface area contributed by atoms with E-state index in [1.54, 1.807) is 4.90 Å². The van der Waals surface area contributed by atoms with Crippen molar-refractivity contribution in [3.8, 4) is 0 Å². The SMILES string of the molecule is COCC1(C(=O)NC(Cc2ccccc2)C(=O)N2CCCC2)CC1(F)F. The van der Waals surface area contributed by atoms with E-state index in [4.69, 9.17) is 4.74 Å². The number of likely N-dealkylation sites (tertiary alicyclic amines) is 1. The summed E-state index contributed by atoms with van der Waals surface area (Å²) in [5.74, 6) is -4.12. The van der Waals surface area contributed by atoms with Gasteiger partial charge in [-0.05, 0) is 18.4 Å². The summed E-state index contributed by atoms with van der Waals surface area (Å²) in [5, 5.41) is 2.60. The molecule has 2 fully saturated rings. The third kappa shape index (κ3) is 3.58. The number of halogens is 2. The van der Waals surface area contributed by atoms with Gasteiger partial charge in [0.1, 0.15) is 11.5 Å². The van der Waals surface area contributed by atoms with E-state index >= 15 is 0 Å². The van der Waals surface area contributed by atoms with Crippen LogP contribution in [0, 0.1) is 5.41 Å². The number of benzene rings is 1. The molecule has 1 aliphatic heterocycles. The third-order valence-electron chi connectivity index (χ3n) is 5.23. The molecule has 1 aromatic carbocycles. The topological polar surface area (TPSA) is 58.6 Å². The minimum Gasteiger partial charge on any atom is -0.383 e. The molecule has 1 heterocycles. The fourth-order valence-corrected chi connectivity index (χ4v) is 3.55. The number of ether oxygens (including phenoxy) is 1. The average Bonchev–Trinajstić information content (AvgIpc) is 2.99. The van der Waals surface area contributed by atoms with Gasteiger partial charge in [0.15, 0.2) is 0 Å². The van der Waals surface area contributed by atoms with Crippen LogP contribution in [0.1, 0.15) is 24.8 Å². The van der Waals surface area contributed by atoms with E-state index in [1.807, 2.05) is 30.3 Å². The first-order valence-electron chi connectivity index (χ1n) is 8.90. The third-order valence-corrected chi connectivity index (χ3v) is 5.23. The Kier molecular flexibility index (Phi) is 5.27. The van der Waals surface area contributed by atoms with Gasteiger partial charge in [-0.3, -0.25) is 9.59 Å². The smallest absolute Gasteiger partial charge is 0.266 e. The lowest BCUT2D eigenvalue weighted by atomic mass is 10.0. The molecule has 0 spiro atoms. The van der Waals surface area contributed by atoms with Crippen LogP contribution < -0.4 is 5.32 Å². The zero-order chi connectivity index (χ0) is 18.8. The minimum atomic E-state index is -3.10. The van der Waals surface area contributed by atoms with Gasteiger partial charge in [0, 0.05) is 33.0 Å². The lowest BCUT2D eigenvalue weighted by Crippen LogP contribution is -2.52. The fraction of sp³-hybridized carbons (Fsp3) is 0.579. The van der Waals surface area contributed by atoms with Crippen LogP contribution in [0.4, 0.5) is 8.78 Å². The molecule has 2 atom stereocenters. The van der Waals surface area contributed by atoms with E-state index in [-0.39, 0.29) is 18.9 Å². The summed E-state index contributed by atoms with van der Waals surface area (Å²) < 4.78 is 32.5. The monoisotopic (exact) mass is 366 g/mol.